The molecule has 7 heteroatoms. The lowest BCUT2D eigenvalue weighted by molar-refractivity contribution is 0.401. The average molecular weight is 327 g/mol. The summed E-state index contributed by atoms with van der Waals surface area (Å²) in [6.07, 6.45) is 4.83. The van der Waals surface area contributed by atoms with E-state index in [1.165, 1.54) is 6.39 Å². The Morgan fingerprint density at radius 1 is 1.30 bits per heavy atom. The predicted molar refractivity (Wildman–Crippen MR) is 92.7 cm³/mol. The number of rotatable bonds is 6. The molecule has 0 spiro atoms. The van der Waals surface area contributed by atoms with Crippen LogP contribution in [0.3, 0.4) is 0 Å². The van der Waals surface area contributed by atoms with Gasteiger partial charge in [-0.15, -0.1) is 11.3 Å². The Balaban J connectivity index is 1.58. The first-order valence-corrected chi connectivity index (χ1v) is 7.96. The van der Waals surface area contributed by atoms with Crippen molar-refractivity contribution in [2.45, 2.75) is 6.54 Å². The van der Waals surface area contributed by atoms with Crippen molar-refractivity contribution in [1.82, 2.24) is 14.9 Å². The quantitative estimate of drug-likeness (QED) is 0.556. The number of hydrogen-bond donors (Lipinski definition) is 1. The summed E-state index contributed by atoms with van der Waals surface area (Å²) in [6, 6.07) is 7.79. The summed E-state index contributed by atoms with van der Waals surface area (Å²) < 4.78 is 5.26. The summed E-state index contributed by atoms with van der Waals surface area (Å²) >= 11 is 1.64. The Labute approximate surface area is 138 Å². The van der Waals surface area contributed by atoms with Gasteiger partial charge in [0.1, 0.15) is 5.01 Å². The molecule has 0 atom stereocenters. The monoisotopic (exact) mass is 327 g/mol. The van der Waals surface area contributed by atoms with E-state index in [9.17, 15) is 0 Å². The third-order valence-corrected chi connectivity index (χ3v) is 3.87. The number of anilines is 1. The fraction of sp³-hybridized carbons (Fsp3) is 0.188. The van der Waals surface area contributed by atoms with E-state index < -0.39 is 0 Å². The van der Waals surface area contributed by atoms with E-state index in [0.717, 1.165) is 34.3 Å². The number of oxazole rings is 1. The molecule has 0 unspecified atom stereocenters. The van der Waals surface area contributed by atoms with Gasteiger partial charge in [-0.2, -0.15) is 5.10 Å². The average Bonchev–Trinajstić information content (AvgIpc) is 3.19. The highest BCUT2D eigenvalue weighted by Crippen LogP contribution is 2.20. The molecule has 0 aliphatic carbocycles. The molecule has 0 aliphatic rings. The number of aromatic nitrogens is 2. The van der Waals surface area contributed by atoms with Gasteiger partial charge in [-0.05, 0) is 38.4 Å². The molecule has 2 aromatic heterocycles. The fourth-order valence-electron chi connectivity index (χ4n) is 1.97. The van der Waals surface area contributed by atoms with E-state index in [1.54, 1.807) is 23.7 Å². The maximum Gasteiger partial charge on any atom is 0.181 e. The molecule has 0 radical (unpaired) electrons. The molecular weight excluding hydrogens is 310 g/mol. The zero-order chi connectivity index (χ0) is 16.1. The normalized spacial score (nSPS) is 11.4. The second kappa shape index (κ2) is 7.17. The van der Waals surface area contributed by atoms with Gasteiger partial charge in [0.05, 0.1) is 23.8 Å². The highest BCUT2D eigenvalue weighted by molar-refractivity contribution is 7.09. The zero-order valence-corrected chi connectivity index (χ0v) is 13.7. The molecule has 0 fully saturated rings. The van der Waals surface area contributed by atoms with Crippen LogP contribution in [-0.4, -0.2) is 35.2 Å². The van der Waals surface area contributed by atoms with Gasteiger partial charge in [0.2, 0.25) is 0 Å². The third-order valence-electron chi connectivity index (χ3n) is 3.01. The minimum Gasteiger partial charge on any atom is -0.444 e. The maximum absolute atomic E-state index is 5.26. The van der Waals surface area contributed by atoms with E-state index in [0.29, 0.717) is 0 Å². The van der Waals surface area contributed by atoms with Gasteiger partial charge >= 0.3 is 0 Å². The van der Waals surface area contributed by atoms with Crippen LogP contribution < -0.4 is 5.43 Å². The molecule has 23 heavy (non-hydrogen) atoms. The second-order valence-corrected chi connectivity index (χ2v) is 6.16. The van der Waals surface area contributed by atoms with E-state index in [1.807, 2.05) is 43.7 Å². The molecule has 3 rings (SSSR count). The van der Waals surface area contributed by atoms with Crippen molar-refractivity contribution in [3.63, 3.8) is 0 Å². The summed E-state index contributed by atoms with van der Waals surface area (Å²) in [4.78, 5) is 10.5. The molecule has 0 amide bonds. The molecule has 0 saturated carbocycles. The van der Waals surface area contributed by atoms with Crippen LogP contribution in [0.5, 0.6) is 0 Å². The smallest absolute Gasteiger partial charge is 0.181 e. The van der Waals surface area contributed by atoms with Crippen LogP contribution in [-0.2, 0) is 6.54 Å². The predicted octanol–water partition coefficient (Wildman–Crippen LogP) is 3.31. The maximum atomic E-state index is 5.26. The Hall–Kier alpha value is -2.51. The van der Waals surface area contributed by atoms with Gasteiger partial charge < -0.3 is 9.32 Å². The number of thiazole rings is 1. The zero-order valence-electron chi connectivity index (χ0n) is 12.9. The van der Waals surface area contributed by atoms with Gasteiger partial charge in [0.15, 0.2) is 12.2 Å². The molecule has 2 heterocycles. The summed E-state index contributed by atoms with van der Waals surface area (Å²) in [5.74, 6) is 0.746. The fourth-order valence-corrected chi connectivity index (χ4v) is 2.83. The molecule has 118 valence electrons. The van der Waals surface area contributed by atoms with Crippen LogP contribution in [0.15, 0.2) is 51.8 Å². The van der Waals surface area contributed by atoms with E-state index in [4.69, 9.17) is 4.42 Å². The van der Waals surface area contributed by atoms with Crippen molar-refractivity contribution in [2.75, 3.05) is 19.5 Å². The molecule has 1 N–H and O–H groups in total. The summed E-state index contributed by atoms with van der Waals surface area (Å²) in [5.41, 5.74) is 5.73. The van der Waals surface area contributed by atoms with Gasteiger partial charge in [-0.1, -0.05) is 0 Å². The largest absolute Gasteiger partial charge is 0.444 e. The van der Waals surface area contributed by atoms with Crippen molar-refractivity contribution in [3.05, 3.63) is 52.9 Å². The highest BCUT2D eigenvalue weighted by atomic mass is 32.1. The number of hydrogen-bond acceptors (Lipinski definition) is 7. The molecule has 0 bridgehead atoms. The van der Waals surface area contributed by atoms with E-state index >= 15 is 0 Å². The minimum absolute atomic E-state index is 0.746. The van der Waals surface area contributed by atoms with Crippen molar-refractivity contribution < 1.29 is 4.42 Å². The molecule has 6 nitrogen and oxygen atoms in total. The third kappa shape index (κ3) is 4.24. The van der Waals surface area contributed by atoms with Crippen LogP contribution >= 0.6 is 11.3 Å². The van der Waals surface area contributed by atoms with Crippen LogP contribution in [0.4, 0.5) is 5.69 Å². The Kier molecular flexibility index (Phi) is 4.80. The first-order valence-electron chi connectivity index (χ1n) is 7.08. The standard InChI is InChI=1S/C16H17N5OS/c1-21(2)9-16-19-14(10-23-16)7-18-20-13-5-3-12(4-6-13)15-8-17-11-22-15/h3-8,10-11,20H,9H2,1-2H3. The Morgan fingerprint density at radius 2 is 2.13 bits per heavy atom. The molecule has 1 aromatic carbocycles. The number of nitrogens with one attached hydrogen (secondary N) is 1. The first-order chi connectivity index (χ1) is 11.2. The lowest BCUT2D eigenvalue weighted by Gasteiger charge is -2.04. The Morgan fingerprint density at radius 3 is 2.83 bits per heavy atom. The first kappa shape index (κ1) is 15.4. The lowest BCUT2D eigenvalue weighted by atomic mass is 10.2. The van der Waals surface area contributed by atoms with Crippen LogP contribution in [0.25, 0.3) is 11.3 Å². The summed E-state index contributed by atoms with van der Waals surface area (Å²) in [7, 11) is 4.05. The molecule has 0 saturated heterocycles. The van der Waals surface area contributed by atoms with Crippen molar-refractivity contribution in [2.24, 2.45) is 5.10 Å². The molecule has 0 aliphatic heterocycles. The topological polar surface area (TPSA) is 66.6 Å². The lowest BCUT2D eigenvalue weighted by Crippen LogP contribution is -2.10. The number of benzene rings is 1. The molecule has 3 aromatic rings. The van der Waals surface area contributed by atoms with Crippen LogP contribution in [0.2, 0.25) is 0 Å². The second-order valence-electron chi connectivity index (χ2n) is 5.22. The van der Waals surface area contributed by atoms with E-state index in [2.05, 4.69) is 25.4 Å². The van der Waals surface area contributed by atoms with Gasteiger partial charge in [-0.25, -0.2) is 9.97 Å². The summed E-state index contributed by atoms with van der Waals surface area (Å²) in [6.45, 7) is 0.842. The SMILES string of the molecule is CN(C)Cc1nc(C=NNc2ccc(-c3cnco3)cc2)cs1. The minimum atomic E-state index is 0.746. The number of nitrogens with zero attached hydrogens (tertiary/aromatic N) is 4. The van der Waals surface area contributed by atoms with Crippen molar-refractivity contribution in [3.8, 4) is 11.3 Å². The Bertz CT molecular complexity index is 762. The van der Waals surface area contributed by atoms with Gasteiger partial charge in [0.25, 0.3) is 0 Å². The van der Waals surface area contributed by atoms with Gasteiger partial charge in [-0.3, -0.25) is 5.43 Å². The number of hydrazone groups is 1. The van der Waals surface area contributed by atoms with Crippen LogP contribution in [0, 0.1) is 0 Å². The van der Waals surface area contributed by atoms with Gasteiger partial charge in [0, 0.05) is 17.5 Å². The highest BCUT2D eigenvalue weighted by Gasteiger charge is 2.02. The van der Waals surface area contributed by atoms with E-state index in [-0.39, 0.29) is 0 Å². The van der Waals surface area contributed by atoms with Crippen molar-refractivity contribution >= 4 is 23.2 Å². The summed E-state index contributed by atoms with van der Waals surface area (Å²) in [5, 5.41) is 7.29. The van der Waals surface area contributed by atoms with Crippen LogP contribution in [0.1, 0.15) is 10.7 Å². The van der Waals surface area contributed by atoms with Crippen molar-refractivity contribution in [1.29, 1.82) is 0 Å². The molecular formula is C16H17N5OS.